The van der Waals surface area contributed by atoms with E-state index in [2.05, 4.69) is 9.71 Å². The fourth-order valence-corrected chi connectivity index (χ4v) is 4.11. The number of ether oxygens (including phenoxy) is 1. The van der Waals surface area contributed by atoms with E-state index in [1.807, 2.05) is 17.5 Å². The molecule has 0 atom stereocenters. The van der Waals surface area contributed by atoms with E-state index in [9.17, 15) is 18.0 Å². The maximum atomic E-state index is 12.2. The Hall–Kier alpha value is -2.46. The van der Waals surface area contributed by atoms with Gasteiger partial charge in [0.15, 0.2) is 12.4 Å². The van der Waals surface area contributed by atoms with E-state index in [1.165, 1.54) is 6.08 Å². The van der Waals surface area contributed by atoms with Crippen molar-refractivity contribution in [3.63, 3.8) is 0 Å². The summed E-state index contributed by atoms with van der Waals surface area (Å²) in [5, 5.41) is 4.63. The minimum Gasteiger partial charge on any atom is -0.452 e. The zero-order valence-electron chi connectivity index (χ0n) is 13.8. The minimum atomic E-state index is -3.60. The molecule has 0 unspecified atom stereocenters. The van der Waals surface area contributed by atoms with Crippen LogP contribution in [0.3, 0.4) is 0 Å². The van der Waals surface area contributed by atoms with Crippen LogP contribution in [0.2, 0.25) is 0 Å². The summed E-state index contributed by atoms with van der Waals surface area (Å²) in [6, 6.07) is 3.91. The molecule has 0 spiro atoms. The molecule has 0 radical (unpaired) electrons. The number of nitrogens with one attached hydrogen (secondary N) is 1. The van der Waals surface area contributed by atoms with Gasteiger partial charge in [-0.05, 0) is 30.0 Å². The number of carbonyl (C=O) groups excluding carboxylic acids is 2. The number of esters is 1. The second-order valence-corrected chi connectivity index (χ2v) is 8.36. The fourth-order valence-electron chi connectivity index (χ4n) is 2.42. The molecule has 0 aromatic carbocycles. The lowest BCUT2D eigenvalue weighted by molar-refractivity contribution is -0.144. The van der Waals surface area contributed by atoms with Crippen LogP contribution >= 0.6 is 11.3 Å². The number of nitrogens with zero attached hydrogens (tertiary/aromatic N) is 2. The molecule has 2 aliphatic rings. The largest absolute Gasteiger partial charge is 0.452 e. The van der Waals surface area contributed by atoms with Crippen molar-refractivity contribution in [1.82, 2.24) is 10.2 Å². The molecule has 0 fully saturated rings. The smallest absolute Gasteiger partial charge is 0.342 e. The van der Waals surface area contributed by atoms with E-state index >= 15 is 0 Å². The summed E-state index contributed by atoms with van der Waals surface area (Å²) >= 11 is 1.60. The van der Waals surface area contributed by atoms with Gasteiger partial charge in [0.2, 0.25) is 0 Å². The summed E-state index contributed by atoms with van der Waals surface area (Å²) in [4.78, 5) is 26.7. The first-order chi connectivity index (χ1) is 12.4. The van der Waals surface area contributed by atoms with Gasteiger partial charge in [-0.25, -0.2) is 13.2 Å². The van der Waals surface area contributed by atoms with Crippen molar-refractivity contribution < 1.29 is 22.7 Å². The van der Waals surface area contributed by atoms with E-state index in [0.717, 1.165) is 4.88 Å². The lowest BCUT2D eigenvalue weighted by Crippen LogP contribution is -2.40. The van der Waals surface area contributed by atoms with Crippen molar-refractivity contribution in [3.8, 4) is 0 Å². The van der Waals surface area contributed by atoms with Crippen LogP contribution in [0.15, 0.2) is 45.8 Å². The number of allylic oxidation sites excluding steroid dienone is 2. The quantitative estimate of drug-likeness (QED) is 0.701. The van der Waals surface area contributed by atoms with Crippen LogP contribution in [0.5, 0.6) is 0 Å². The van der Waals surface area contributed by atoms with Crippen LogP contribution in [0, 0.1) is 0 Å². The molecule has 8 nitrogen and oxygen atoms in total. The van der Waals surface area contributed by atoms with E-state index in [1.54, 1.807) is 28.5 Å². The average molecular weight is 395 g/mol. The monoisotopic (exact) mass is 395 g/mol. The Labute approximate surface area is 154 Å². The van der Waals surface area contributed by atoms with Crippen molar-refractivity contribution in [2.45, 2.75) is 6.42 Å². The van der Waals surface area contributed by atoms with Crippen molar-refractivity contribution in [1.29, 1.82) is 0 Å². The first kappa shape index (κ1) is 18.3. The lowest BCUT2D eigenvalue weighted by atomic mass is 10.1. The van der Waals surface area contributed by atoms with Gasteiger partial charge < -0.3 is 15.0 Å². The molecule has 10 heteroatoms. The molecular formula is C16H17N3O5S2. The summed E-state index contributed by atoms with van der Waals surface area (Å²) < 4.78 is 32.0. The van der Waals surface area contributed by atoms with Crippen molar-refractivity contribution in [2.75, 3.05) is 25.4 Å². The SMILES string of the molecule is O=C(COC(=O)C1=CC=CN2CCS(=O)(=O)N=C12)NCCc1cccs1. The van der Waals surface area contributed by atoms with Crippen LogP contribution in [-0.2, 0) is 30.8 Å². The van der Waals surface area contributed by atoms with E-state index < -0.39 is 28.5 Å². The highest BCUT2D eigenvalue weighted by molar-refractivity contribution is 7.90. The van der Waals surface area contributed by atoms with E-state index in [0.29, 0.717) is 13.0 Å². The number of sulfonamides is 1. The number of hydrogen-bond donors (Lipinski definition) is 1. The maximum absolute atomic E-state index is 12.2. The number of amides is 1. The molecule has 26 heavy (non-hydrogen) atoms. The molecule has 138 valence electrons. The third-order valence-corrected chi connectivity index (χ3v) is 5.77. The predicted octanol–water partition coefficient (Wildman–Crippen LogP) is 0.448. The van der Waals surface area contributed by atoms with Crippen LogP contribution < -0.4 is 5.32 Å². The molecular weight excluding hydrogens is 378 g/mol. The Bertz CT molecular complexity index is 885. The number of amidine groups is 1. The Balaban J connectivity index is 1.52. The number of hydrogen-bond acceptors (Lipinski definition) is 7. The van der Waals surface area contributed by atoms with Crippen molar-refractivity contribution in [3.05, 3.63) is 46.3 Å². The third kappa shape index (κ3) is 4.58. The Morgan fingerprint density at radius 2 is 2.23 bits per heavy atom. The molecule has 0 bridgehead atoms. The topological polar surface area (TPSA) is 105 Å². The molecule has 1 aromatic rings. The van der Waals surface area contributed by atoms with Gasteiger partial charge in [0.25, 0.3) is 15.9 Å². The molecule has 0 saturated carbocycles. The van der Waals surface area contributed by atoms with Gasteiger partial charge in [-0.3, -0.25) is 4.79 Å². The van der Waals surface area contributed by atoms with Gasteiger partial charge >= 0.3 is 5.97 Å². The number of thiophene rings is 1. The van der Waals surface area contributed by atoms with Gasteiger partial charge in [-0.15, -0.1) is 15.7 Å². The molecule has 3 rings (SSSR count). The summed E-state index contributed by atoms with van der Waals surface area (Å²) in [5.41, 5.74) is 0.0159. The summed E-state index contributed by atoms with van der Waals surface area (Å²) in [6.07, 6.45) is 5.38. The summed E-state index contributed by atoms with van der Waals surface area (Å²) in [7, 11) is -3.60. The Morgan fingerprint density at radius 3 is 3.00 bits per heavy atom. The standard InChI is InChI=1S/C16H17N3O5S2/c20-14(17-6-5-12-3-2-9-25-12)11-24-16(21)13-4-1-7-19-8-10-26(22,23)18-15(13)19/h1-4,7,9H,5-6,8,10-11H2,(H,17,20). The summed E-state index contributed by atoms with van der Waals surface area (Å²) in [5.74, 6) is -1.29. The van der Waals surface area contributed by atoms with Gasteiger partial charge in [0, 0.05) is 24.2 Å². The highest BCUT2D eigenvalue weighted by Gasteiger charge is 2.30. The first-order valence-corrected chi connectivity index (χ1v) is 10.4. The second-order valence-electron chi connectivity index (χ2n) is 5.57. The lowest BCUT2D eigenvalue weighted by Gasteiger charge is -2.28. The van der Waals surface area contributed by atoms with E-state index in [-0.39, 0.29) is 23.7 Å². The Morgan fingerprint density at radius 1 is 1.38 bits per heavy atom. The normalized spacial score (nSPS) is 17.8. The van der Waals surface area contributed by atoms with Crippen LogP contribution in [0.25, 0.3) is 0 Å². The Kier molecular flexibility index (Phi) is 5.52. The number of rotatable bonds is 6. The highest BCUT2D eigenvalue weighted by atomic mass is 32.2. The molecule has 0 saturated heterocycles. The maximum Gasteiger partial charge on any atom is 0.342 e. The molecule has 1 N–H and O–H groups in total. The van der Waals surface area contributed by atoms with Crippen LogP contribution in [-0.4, -0.2) is 56.5 Å². The van der Waals surface area contributed by atoms with Crippen LogP contribution in [0.1, 0.15) is 4.88 Å². The molecule has 1 amide bonds. The first-order valence-electron chi connectivity index (χ1n) is 7.89. The average Bonchev–Trinajstić information content (AvgIpc) is 3.12. The van der Waals surface area contributed by atoms with Crippen molar-refractivity contribution >= 4 is 39.1 Å². The van der Waals surface area contributed by atoms with Gasteiger partial charge in [0.05, 0.1) is 5.75 Å². The molecule has 2 aliphatic heterocycles. The molecule has 0 aliphatic carbocycles. The predicted molar refractivity (Wildman–Crippen MR) is 97.1 cm³/mol. The fraction of sp³-hybridized carbons (Fsp3) is 0.312. The zero-order valence-corrected chi connectivity index (χ0v) is 15.4. The summed E-state index contributed by atoms with van der Waals surface area (Å²) in [6.45, 7) is 0.219. The molecule has 1 aromatic heterocycles. The van der Waals surface area contributed by atoms with Crippen LogP contribution in [0.4, 0.5) is 0 Å². The molecule has 3 heterocycles. The number of carbonyl (C=O) groups is 2. The zero-order chi connectivity index (χ0) is 18.6. The van der Waals surface area contributed by atoms with Gasteiger partial charge in [-0.2, -0.15) is 0 Å². The van der Waals surface area contributed by atoms with Gasteiger partial charge in [-0.1, -0.05) is 6.07 Å². The number of fused-ring (bicyclic) bond motifs is 1. The van der Waals surface area contributed by atoms with Crippen molar-refractivity contribution in [2.24, 2.45) is 4.40 Å². The van der Waals surface area contributed by atoms with Gasteiger partial charge in [0.1, 0.15) is 5.57 Å². The highest BCUT2D eigenvalue weighted by Crippen LogP contribution is 2.18. The minimum absolute atomic E-state index is 0.0159. The third-order valence-electron chi connectivity index (χ3n) is 3.69. The van der Waals surface area contributed by atoms with E-state index in [4.69, 9.17) is 4.74 Å². The second kappa shape index (κ2) is 7.83.